The van der Waals surface area contributed by atoms with E-state index < -0.39 is 6.10 Å². The minimum atomic E-state index is -0.400. The summed E-state index contributed by atoms with van der Waals surface area (Å²) in [4.78, 5) is 7.00. The molecule has 0 radical (unpaired) electrons. The van der Waals surface area contributed by atoms with Gasteiger partial charge in [0.2, 0.25) is 0 Å². The van der Waals surface area contributed by atoms with Gasteiger partial charge in [-0.05, 0) is 24.0 Å². The highest BCUT2D eigenvalue weighted by Gasteiger charge is 2.20. The van der Waals surface area contributed by atoms with Crippen LogP contribution in [0.25, 0.3) is 0 Å². The summed E-state index contributed by atoms with van der Waals surface area (Å²) in [6.07, 6.45) is 1.37. The van der Waals surface area contributed by atoms with Crippen LogP contribution in [0.15, 0.2) is 24.3 Å². The summed E-state index contributed by atoms with van der Waals surface area (Å²) in [7, 11) is 1.64. The molecule has 0 amide bonds. The Morgan fingerprint density at radius 2 is 2.08 bits per heavy atom. The first-order valence-electron chi connectivity index (χ1n) is 8.58. The lowest BCUT2D eigenvalue weighted by Crippen LogP contribution is -2.31. The summed E-state index contributed by atoms with van der Waals surface area (Å²) in [5.74, 6) is 1.57. The van der Waals surface area contributed by atoms with Gasteiger partial charge in [0.25, 0.3) is 0 Å². The average Bonchev–Trinajstić information content (AvgIpc) is 2.96. The summed E-state index contributed by atoms with van der Waals surface area (Å²) < 4.78 is 6.99. The zero-order valence-electron chi connectivity index (χ0n) is 14.5. The van der Waals surface area contributed by atoms with Gasteiger partial charge >= 0.3 is 0 Å². The monoisotopic (exact) mass is 330 g/mol. The van der Waals surface area contributed by atoms with E-state index in [9.17, 15) is 5.11 Å². The van der Waals surface area contributed by atoms with Crippen molar-refractivity contribution in [1.82, 2.24) is 19.7 Å². The van der Waals surface area contributed by atoms with Gasteiger partial charge in [-0.25, -0.2) is 9.67 Å². The Labute approximate surface area is 143 Å². The van der Waals surface area contributed by atoms with Crippen LogP contribution < -0.4 is 0 Å². The lowest BCUT2D eigenvalue weighted by Gasteiger charge is -2.28. The second-order valence-corrected chi connectivity index (χ2v) is 6.35. The smallest absolute Gasteiger partial charge is 0.176 e. The van der Waals surface area contributed by atoms with Gasteiger partial charge < -0.3 is 9.84 Å². The number of aliphatic hydroxyl groups excluding tert-OH is 1. The third kappa shape index (κ3) is 4.01. The zero-order chi connectivity index (χ0) is 16.9. The van der Waals surface area contributed by atoms with Crippen molar-refractivity contribution in [2.45, 2.75) is 52.1 Å². The molecule has 24 heavy (non-hydrogen) atoms. The van der Waals surface area contributed by atoms with Crippen LogP contribution in [0.5, 0.6) is 0 Å². The highest BCUT2D eigenvalue weighted by atomic mass is 16.5. The number of rotatable bonds is 7. The molecular formula is C18H26N4O2. The van der Waals surface area contributed by atoms with Crippen LogP contribution in [-0.4, -0.2) is 44.5 Å². The first-order valence-corrected chi connectivity index (χ1v) is 8.58. The van der Waals surface area contributed by atoms with Crippen LogP contribution in [0.2, 0.25) is 0 Å². The molecule has 1 N–H and O–H groups in total. The molecule has 1 aliphatic heterocycles. The van der Waals surface area contributed by atoms with E-state index in [4.69, 9.17) is 4.74 Å². The number of methoxy groups -OCH3 is 1. The van der Waals surface area contributed by atoms with Crippen LogP contribution in [-0.2, 0) is 37.4 Å². The number of hydrogen-bond acceptors (Lipinski definition) is 5. The first kappa shape index (κ1) is 17.1. The second-order valence-electron chi connectivity index (χ2n) is 6.35. The number of fused-ring (bicyclic) bond motifs is 1. The molecule has 0 saturated heterocycles. The van der Waals surface area contributed by atoms with Crippen LogP contribution in [0.1, 0.15) is 36.1 Å². The molecule has 0 bridgehead atoms. The molecule has 1 aromatic heterocycles. The topological polar surface area (TPSA) is 63.4 Å². The van der Waals surface area contributed by atoms with E-state index in [0.29, 0.717) is 25.4 Å². The third-order valence-corrected chi connectivity index (χ3v) is 4.50. The number of nitrogens with zero attached hydrogens (tertiary/aromatic N) is 4. The fourth-order valence-electron chi connectivity index (χ4n) is 3.10. The Kier molecular flexibility index (Phi) is 5.60. The van der Waals surface area contributed by atoms with E-state index in [0.717, 1.165) is 31.9 Å². The van der Waals surface area contributed by atoms with Gasteiger partial charge in [-0.3, -0.25) is 4.90 Å². The number of benzene rings is 1. The van der Waals surface area contributed by atoms with Crippen molar-refractivity contribution in [1.29, 1.82) is 0 Å². The SMILES string of the molecule is CCC(O)Cn1nc(COC)nc1CN1CCc2ccccc2C1. The zero-order valence-corrected chi connectivity index (χ0v) is 14.5. The second kappa shape index (κ2) is 7.88. The van der Waals surface area contributed by atoms with Gasteiger partial charge in [-0.15, -0.1) is 0 Å². The Hall–Kier alpha value is -1.76. The van der Waals surface area contributed by atoms with Gasteiger partial charge in [0.1, 0.15) is 12.4 Å². The van der Waals surface area contributed by atoms with Crippen molar-refractivity contribution in [3.05, 3.63) is 47.0 Å². The van der Waals surface area contributed by atoms with E-state index in [2.05, 4.69) is 39.2 Å². The van der Waals surface area contributed by atoms with E-state index in [1.54, 1.807) is 7.11 Å². The van der Waals surface area contributed by atoms with Gasteiger partial charge in [0.05, 0.1) is 19.2 Å². The molecule has 0 aliphatic carbocycles. The van der Waals surface area contributed by atoms with E-state index in [1.165, 1.54) is 11.1 Å². The van der Waals surface area contributed by atoms with Crippen molar-refractivity contribution in [3.8, 4) is 0 Å². The highest BCUT2D eigenvalue weighted by Crippen LogP contribution is 2.20. The molecule has 3 rings (SSSR count). The Balaban J connectivity index is 1.74. The average molecular weight is 330 g/mol. The maximum absolute atomic E-state index is 9.98. The van der Waals surface area contributed by atoms with Crippen LogP contribution >= 0.6 is 0 Å². The molecule has 0 fully saturated rings. The summed E-state index contributed by atoms with van der Waals surface area (Å²) >= 11 is 0. The quantitative estimate of drug-likeness (QED) is 0.838. The van der Waals surface area contributed by atoms with Crippen LogP contribution in [0, 0.1) is 0 Å². The van der Waals surface area contributed by atoms with Crippen molar-refractivity contribution in [2.24, 2.45) is 0 Å². The lowest BCUT2D eigenvalue weighted by molar-refractivity contribution is 0.139. The van der Waals surface area contributed by atoms with E-state index >= 15 is 0 Å². The highest BCUT2D eigenvalue weighted by molar-refractivity contribution is 5.29. The predicted octanol–water partition coefficient (Wildman–Crippen LogP) is 1.75. The number of aromatic nitrogens is 3. The van der Waals surface area contributed by atoms with E-state index in [-0.39, 0.29) is 0 Å². The summed E-state index contributed by atoms with van der Waals surface area (Å²) in [5.41, 5.74) is 2.83. The molecule has 130 valence electrons. The maximum Gasteiger partial charge on any atom is 0.176 e. The first-order chi connectivity index (χ1) is 11.7. The van der Waals surface area contributed by atoms with Crippen LogP contribution in [0.3, 0.4) is 0 Å². The predicted molar refractivity (Wildman–Crippen MR) is 91.3 cm³/mol. The van der Waals surface area contributed by atoms with Gasteiger partial charge in [0, 0.05) is 20.2 Å². The van der Waals surface area contributed by atoms with Gasteiger partial charge in [-0.2, -0.15) is 5.10 Å². The van der Waals surface area contributed by atoms with Crippen molar-refractivity contribution in [3.63, 3.8) is 0 Å². The summed E-state index contributed by atoms with van der Waals surface area (Å²) in [6.45, 7) is 5.53. The summed E-state index contributed by atoms with van der Waals surface area (Å²) in [5, 5.41) is 14.5. The fourth-order valence-corrected chi connectivity index (χ4v) is 3.10. The maximum atomic E-state index is 9.98. The molecule has 2 heterocycles. The Bertz CT molecular complexity index is 671. The number of hydrogen-bond donors (Lipinski definition) is 1. The standard InChI is InChI=1S/C18H26N4O2/c1-3-16(23)11-22-18(19-17(20-22)13-24-2)12-21-9-8-14-6-4-5-7-15(14)10-21/h4-7,16,23H,3,8-13H2,1-2H3. The molecule has 1 unspecified atom stereocenters. The number of aliphatic hydroxyl groups is 1. The molecule has 6 nitrogen and oxygen atoms in total. The molecule has 1 aromatic carbocycles. The van der Waals surface area contributed by atoms with Gasteiger partial charge in [0.15, 0.2) is 5.82 Å². The van der Waals surface area contributed by atoms with Crippen LogP contribution in [0.4, 0.5) is 0 Å². The molecule has 0 saturated carbocycles. The fraction of sp³-hybridized carbons (Fsp3) is 0.556. The Morgan fingerprint density at radius 3 is 2.83 bits per heavy atom. The summed E-state index contributed by atoms with van der Waals surface area (Å²) in [6, 6.07) is 8.61. The largest absolute Gasteiger partial charge is 0.391 e. The van der Waals surface area contributed by atoms with E-state index in [1.807, 2.05) is 11.6 Å². The lowest BCUT2D eigenvalue weighted by atomic mass is 10.00. The minimum absolute atomic E-state index is 0.394. The molecule has 2 aromatic rings. The molecule has 1 aliphatic rings. The molecule has 0 spiro atoms. The third-order valence-electron chi connectivity index (χ3n) is 4.50. The number of ether oxygens (including phenoxy) is 1. The van der Waals surface area contributed by atoms with Crippen molar-refractivity contribution in [2.75, 3.05) is 13.7 Å². The molecule has 1 atom stereocenters. The minimum Gasteiger partial charge on any atom is -0.391 e. The van der Waals surface area contributed by atoms with Crippen molar-refractivity contribution >= 4 is 0 Å². The van der Waals surface area contributed by atoms with Crippen molar-refractivity contribution < 1.29 is 9.84 Å². The Morgan fingerprint density at radius 1 is 1.29 bits per heavy atom. The molecule has 6 heteroatoms. The molecular weight excluding hydrogens is 304 g/mol. The van der Waals surface area contributed by atoms with Gasteiger partial charge in [-0.1, -0.05) is 31.2 Å². The normalized spacial score (nSPS) is 16.1.